The summed E-state index contributed by atoms with van der Waals surface area (Å²) < 4.78 is 58.9. The molecule has 3 fully saturated rings. The molecule has 1 saturated carbocycles. The van der Waals surface area contributed by atoms with Gasteiger partial charge in [0.2, 0.25) is 21.5 Å². The largest absolute Gasteiger partial charge is 0.384 e. The number of carbonyl (C=O) groups excluding carboxylic acids is 5. The number of ether oxygens (including phenoxy) is 1. The highest BCUT2D eigenvalue weighted by molar-refractivity contribution is 7.91. The lowest BCUT2D eigenvalue weighted by Gasteiger charge is -2.37. The Hall–Kier alpha value is -4.49. The molecule has 16 nitrogen and oxygen atoms in total. The number of aliphatic hydroxyl groups is 1. The Bertz CT molecular complexity index is 1880. The lowest BCUT2D eigenvalue weighted by molar-refractivity contribution is -0.146. The minimum Gasteiger partial charge on any atom is -0.384 e. The maximum Gasteiger partial charge on any atom is 0.341 e. The zero-order chi connectivity index (χ0) is 38.7. The summed E-state index contributed by atoms with van der Waals surface area (Å²) in [6.07, 6.45) is 5.08. The molecule has 0 radical (unpaired) electrons. The zero-order valence-electron chi connectivity index (χ0n) is 29.4. The van der Waals surface area contributed by atoms with Gasteiger partial charge >= 0.3 is 5.76 Å². The number of amides is 4. The number of benzene rings is 1. The van der Waals surface area contributed by atoms with Crippen molar-refractivity contribution >= 4 is 45.0 Å². The molecule has 0 spiro atoms. The molecule has 19 heteroatoms. The van der Waals surface area contributed by atoms with E-state index < -0.39 is 78.7 Å². The molecule has 0 bridgehead atoms. The van der Waals surface area contributed by atoms with Crippen LogP contribution in [-0.2, 0) is 39.4 Å². The van der Waals surface area contributed by atoms with Gasteiger partial charge in [0.05, 0.1) is 28.4 Å². The third-order valence-corrected chi connectivity index (χ3v) is 11.5. The van der Waals surface area contributed by atoms with Crippen molar-refractivity contribution in [3.05, 3.63) is 41.7 Å². The molecule has 1 aromatic carbocycles. The van der Waals surface area contributed by atoms with E-state index in [1.807, 2.05) is 0 Å². The molecule has 2 aromatic rings. The minimum absolute atomic E-state index is 0.0339. The standard InChI is InChI=1S/C34H43F2N7O9S/c1-33(2,49)26-18-38-41-43(26)21-17-24(30(47)40-34(27(44)28(37)45)12-14-52-15-13-34)42(19-21)31(48)23(16-20-8-4-3-5-9-20)39-29(46)22-10-6-7-11-25(22)53(50,51)32(35)36/h6-7,10-11,18,20-21,24,32,49H,3-5,8-9,12-17,19H2,1-2H3,(H2,37,45)(H,40,47)/b39-23+/t21-,24-/m0/s1. The molecule has 2 aliphatic heterocycles. The molecule has 2 saturated heterocycles. The van der Waals surface area contributed by atoms with Crippen LogP contribution in [0.15, 0.2) is 40.4 Å². The van der Waals surface area contributed by atoms with Crippen LogP contribution in [0.2, 0.25) is 0 Å². The number of hydrogen-bond acceptors (Lipinski definition) is 11. The molecule has 0 unspecified atom stereocenters. The maximum absolute atomic E-state index is 14.7. The van der Waals surface area contributed by atoms with Gasteiger partial charge in [-0.3, -0.25) is 24.0 Å². The second-order valence-electron chi connectivity index (χ2n) is 14.2. The summed E-state index contributed by atoms with van der Waals surface area (Å²) in [4.78, 5) is 72.1. The summed E-state index contributed by atoms with van der Waals surface area (Å²) in [7, 11) is -5.23. The van der Waals surface area contributed by atoms with Gasteiger partial charge in [0.1, 0.15) is 22.9 Å². The number of aliphatic imine (C=N–C) groups is 1. The Morgan fingerprint density at radius 1 is 1.11 bits per heavy atom. The number of aromatic nitrogens is 3. The van der Waals surface area contributed by atoms with E-state index in [2.05, 4.69) is 20.6 Å². The molecule has 1 aliphatic carbocycles. The quantitative estimate of drug-likeness (QED) is 0.208. The number of hydrogen-bond donors (Lipinski definition) is 3. The molecule has 5 rings (SSSR count). The number of primary amides is 1. The number of Topliss-reactive ketones (excluding diaryl/α,β-unsaturated/α-hetero) is 1. The number of halogens is 2. The van der Waals surface area contributed by atoms with E-state index in [0.29, 0.717) is 12.8 Å². The van der Waals surface area contributed by atoms with Crippen LogP contribution in [0.1, 0.15) is 93.7 Å². The van der Waals surface area contributed by atoms with Crippen LogP contribution >= 0.6 is 0 Å². The second-order valence-corrected chi connectivity index (χ2v) is 16.1. The lowest BCUT2D eigenvalue weighted by Crippen LogP contribution is -2.63. The number of sulfone groups is 1. The van der Waals surface area contributed by atoms with E-state index in [-0.39, 0.29) is 62.8 Å². The number of nitrogens with two attached hydrogens (primary N) is 1. The number of carbonyl (C=O) groups is 5. The number of ketones is 1. The van der Waals surface area contributed by atoms with Crippen molar-refractivity contribution < 1.29 is 51.0 Å². The predicted octanol–water partition coefficient (Wildman–Crippen LogP) is 1.62. The number of rotatable bonds is 12. The van der Waals surface area contributed by atoms with Crippen LogP contribution < -0.4 is 11.1 Å². The van der Waals surface area contributed by atoms with Crippen molar-refractivity contribution in [2.75, 3.05) is 19.8 Å². The van der Waals surface area contributed by atoms with E-state index in [1.165, 1.54) is 36.9 Å². The summed E-state index contributed by atoms with van der Waals surface area (Å²) in [6, 6.07) is 2.23. The van der Waals surface area contributed by atoms with Crippen LogP contribution in [0.25, 0.3) is 0 Å². The third kappa shape index (κ3) is 8.51. The van der Waals surface area contributed by atoms with E-state index in [1.54, 1.807) is 0 Å². The summed E-state index contributed by atoms with van der Waals surface area (Å²) >= 11 is 0. The van der Waals surface area contributed by atoms with E-state index in [0.717, 1.165) is 36.3 Å². The molecule has 1 aromatic heterocycles. The summed E-state index contributed by atoms with van der Waals surface area (Å²) in [5.74, 6) is -9.17. The van der Waals surface area contributed by atoms with Crippen molar-refractivity contribution in [1.82, 2.24) is 25.2 Å². The molecule has 2 atom stereocenters. The fourth-order valence-corrected chi connectivity index (χ4v) is 8.20. The molecular formula is C34H43F2N7O9S. The molecule has 3 heterocycles. The molecule has 4 N–H and O–H groups in total. The van der Waals surface area contributed by atoms with Crippen molar-refractivity contribution in [3.63, 3.8) is 0 Å². The topological polar surface area (TPSA) is 233 Å². The van der Waals surface area contributed by atoms with Crippen LogP contribution in [0.3, 0.4) is 0 Å². The van der Waals surface area contributed by atoms with Gasteiger partial charge in [0, 0.05) is 39.0 Å². The Balaban J connectivity index is 1.57. The summed E-state index contributed by atoms with van der Waals surface area (Å²) in [5.41, 5.74) is 1.50. The first-order valence-electron chi connectivity index (χ1n) is 17.4. The van der Waals surface area contributed by atoms with Crippen LogP contribution in [0.4, 0.5) is 8.78 Å². The van der Waals surface area contributed by atoms with Gasteiger partial charge in [-0.05, 0) is 38.3 Å². The second kappa shape index (κ2) is 15.9. The van der Waals surface area contributed by atoms with Crippen LogP contribution in [0, 0.1) is 5.92 Å². The van der Waals surface area contributed by atoms with Crippen molar-refractivity contribution in [2.24, 2.45) is 16.6 Å². The summed E-state index contributed by atoms with van der Waals surface area (Å²) in [5, 5.41) is 21.5. The number of nitrogens with one attached hydrogen (secondary N) is 1. The Labute approximate surface area is 304 Å². The number of likely N-dealkylation sites (tertiary alicyclic amines) is 1. The first kappa shape index (κ1) is 39.7. The normalized spacial score (nSPS) is 21.4. The molecule has 53 heavy (non-hydrogen) atoms. The van der Waals surface area contributed by atoms with Gasteiger partial charge in [-0.15, -0.1) is 5.10 Å². The Morgan fingerprint density at radius 3 is 2.40 bits per heavy atom. The lowest BCUT2D eigenvalue weighted by atomic mass is 9.84. The first-order valence-corrected chi connectivity index (χ1v) is 18.9. The van der Waals surface area contributed by atoms with Crippen molar-refractivity contribution in [2.45, 2.75) is 106 Å². The fraction of sp³-hybridized carbons (Fsp3) is 0.588. The highest BCUT2D eigenvalue weighted by Crippen LogP contribution is 2.34. The third-order valence-electron chi connectivity index (χ3n) is 10.1. The monoisotopic (exact) mass is 763 g/mol. The van der Waals surface area contributed by atoms with E-state index in [9.17, 15) is 46.3 Å². The van der Waals surface area contributed by atoms with Gasteiger partial charge in [0.25, 0.3) is 17.7 Å². The molecular weight excluding hydrogens is 720 g/mol. The van der Waals surface area contributed by atoms with Gasteiger partial charge in [0.15, 0.2) is 0 Å². The smallest absolute Gasteiger partial charge is 0.341 e. The van der Waals surface area contributed by atoms with Gasteiger partial charge in [-0.1, -0.05) is 49.5 Å². The first-order chi connectivity index (χ1) is 25.0. The van der Waals surface area contributed by atoms with Crippen molar-refractivity contribution in [1.29, 1.82) is 0 Å². The van der Waals surface area contributed by atoms with E-state index in [4.69, 9.17) is 10.5 Å². The maximum atomic E-state index is 14.7. The predicted molar refractivity (Wildman–Crippen MR) is 182 cm³/mol. The fourth-order valence-electron chi connectivity index (χ4n) is 7.28. The number of alkyl halides is 2. The number of nitrogens with zero attached hydrogens (tertiary/aromatic N) is 5. The van der Waals surface area contributed by atoms with Gasteiger partial charge in [-0.2, -0.15) is 8.78 Å². The van der Waals surface area contributed by atoms with Crippen LogP contribution in [-0.4, -0.2) is 106 Å². The highest BCUT2D eigenvalue weighted by atomic mass is 32.2. The average Bonchev–Trinajstić information content (AvgIpc) is 3.80. The van der Waals surface area contributed by atoms with Crippen molar-refractivity contribution in [3.8, 4) is 0 Å². The van der Waals surface area contributed by atoms with Gasteiger partial charge < -0.3 is 25.8 Å². The molecule has 4 amide bonds. The van der Waals surface area contributed by atoms with E-state index >= 15 is 0 Å². The van der Waals surface area contributed by atoms with Gasteiger partial charge in [-0.25, -0.2) is 18.1 Å². The SMILES string of the molecule is CC(C)(O)c1cnnn1[C@H]1C[C@@H](C(=O)NC2(C(=O)C(N)=O)CCOCC2)N(C(=O)/C(CC2CCCCC2)=N/C(=O)c2ccccc2S(=O)(=O)C(F)F)C1. The Morgan fingerprint density at radius 2 is 1.77 bits per heavy atom. The highest BCUT2D eigenvalue weighted by Gasteiger charge is 2.49. The molecule has 288 valence electrons. The van der Waals surface area contributed by atoms with Crippen LogP contribution in [0.5, 0.6) is 0 Å². The Kier molecular flexibility index (Phi) is 11.9. The zero-order valence-corrected chi connectivity index (χ0v) is 30.2. The molecule has 3 aliphatic rings. The minimum atomic E-state index is -5.23. The summed E-state index contributed by atoms with van der Waals surface area (Å²) in [6.45, 7) is 2.86. The average molecular weight is 764 g/mol.